The molecule has 9 heteroatoms. The zero-order valence-corrected chi connectivity index (χ0v) is 17.7. The number of likely N-dealkylation sites (tertiary alicyclic amines) is 1. The van der Waals surface area contributed by atoms with Crippen LogP contribution in [0.1, 0.15) is 46.2 Å². The maximum Gasteiger partial charge on any atom is 0.435 e. The highest BCUT2D eigenvalue weighted by Gasteiger charge is 2.38. The van der Waals surface area contributed by atoms with Crippen LogP contribution in [0.2, 0.25) is 0 Å². The van der Waals surface area contributed by atoms with E-state index in [0.717, 1.165) is 37.8 Å². The van der Waals surface area contributed by atoms with Crippen LogP contribution in [0.25, 0.3) is 0 Å². The average Bonchev–Trinajstić information content (AvgIpc) is 3.23. The number of carbonyl (C=O) groups is 1. The van der Waals surface area contributed by atoms with Crippen molar-refractivity contribution in [1.82, 2.24) is 24.9 Å². The van der Waals surface area contributed by atoms with Crippen LogP contribution in [0.15, 0.2) is 30.3 Å². The van der Waals surface area contributed by atoms with Gasteiger partial charge < -0.3 is 15.1 Å². The first kappa shape index (κ1) is 21.8. The predicted octanol–water partition coefficient (Wildman–Crippen LogP) is 2.96. The third-order valence-corrected chi connectivity index (χ3v) is 6.24. The summed E-state index contributed by atoms with van der Waals surface area (Å²) < 4.78 is 41.7. The molecule has 1 aromatic carbocycles. The van der Waals surface area contributed by atoms with Crippen LogP contribution >= 0.6 is 0 Å². The lowest BCUT2D eigenvalue weighted by molar-refractivity contribution is -0.141. The molecule has 2 aromatic rings. The Morgan fingerprint density at radius 1 is 1.16 bits per heavy atom. The molecule has 2 aliphatic rings. The molecule has 0 aliphatic carbocycles. The largest absolute Gasteiger partial charge is 0.435 e. The van der Waals surface area contributed by atoms with Crippen molar-refractivity contribution in [3.05, 3.63) is 52.8 Å². The van der Waals surface area contributed by atoms with E-state index in [1.807, 2.05) is 31.3 Å². The summed E-state index contributed by atoms with van der Waals surface area (Å²) in [4.78, 5) is 17.2. The minimum absolute atomic E-state index is 0.0420. The van der Waals surface area contributed by atoms with E-state index in [1.54, 1.807) is 4.90 Å². The Balaban J connectivity index is 1.56. The summed E-state index contributed by atoms with van der Waals surface area (Å²) in [6.07, 6.45) is -2.54. The van der Waals surface area contributed by atoms with Crippen molar-refractivity contribution in [2.24, 2.45) is 0 Å². The fraction of sp³-hybridized carbons (Fsp3) is 0.545. The standard InChI is InChI=1S/C22H28F3N5O/c1-26-9-13-28-10-7-18(8-11-28)30-19(14-20(27-30)22(23,24)25)21(31)29-12-6-16-4-2-3-5-17(16)15-29/h2-5,14,18,26H,6-13,15H2,1H3. The fourth-order valence-electron chi connectivity index (χ4n) is 4.46. The number of hydrogen-bond donors (Lipinski definition) is 1. The second-order valence-electron chi connectivity index (χ2n) is 8.28. The SMILES string of the molecule is CNCCN1CCC(n2nc(C(F)(F)F)cc2C(=O)N2CCc3ccccc3C2)CC1. The van der Waals surface area contributed by atoms with E-state index in [-0.39, 0.29) is 17.6 Å². The lowest BCUT2D eigenvalue weighted by Crippen LogP contribution is -2.40. The summed E-state index contributed by atoms with van der Waals surface area (Å²) in [5, 5.41) is 6.98. The Labute approximate surface area is 180 Å². The number of hydrogen-bond acceptors (Lipinski definition) is 4. The molecule has 1 amide bonds. The van der Waals surface area contributed by atoms with Crippen molar-refractivity contribution >= 4 is 5.91 Å². The molecule has 4 rings (SSSR count). The number of likely N-dealkylation sites (N-methyl/N-ethyl adjacent to an activating group) is 1. The van der Waals surface area contributed by atoms with Gasteiger partial charge in [0.15, 0.2) is 5.69 Å². The molecule has 0 bridgehead atoms. The van der Waals surface area contributed by atoms with Crippen molar-refractivity contribution in [3.8, 4) is 0 Å². The first-order valence-corrected chi connectivity index (χ1v) is 10.8. The van der Waals surface area contributed by atoms with Gasteiger partial charge in [0, 0.05) is 45.3 Å². The number of carbonyl (C=O) groups excluding carboxylic acids is 1. The maximum atomic E-state index is 13.4. The average molecular weight is 435 g/mol. The van der Waals surface area contributed by atoms with E-state index in [0.29, 0.717) is 32.4 Å². The summed E-state index contributed by atoms with van der Waals surface area (Å²) in [7, 11) is 1.89. The zero-order chi connectivity index (χ0) is 22.0. The lowest BCUT2D eigenvalue weighted by Gasteiger charge is -2.33. The van der Waals surface area contributed by atoms with Gasteiger partial charge in [-0.15, -0.1) is 0 Å². The molecule has 168 valence electrons. The molecule has 0 spiro atoms. The molecule has 1 fully saturated rings. The van der Waals surface area contributed by atoms with E-state index in [9.17, 15) is 18.0 Å². The summed E-state index contributed by atoms with van der Waals surface area (Å²) in [5.41, 5.74) is 1.28. The van der Waals surface area contributed by atoms with Gasteiger partial charge in [-0.3, -0.25) is 9.48 Å². The molecule has 1 saturated heterocycles. The van der Waals surface area contributed by atoms with Crippen LogP contribution in [-0.4, -0.2) is 65.3 Å². The Morgan fingerprint density at radius 3 is 2.55 bits per heavy atom. The van der Waals surface area contributed by atoms with Gasteiger partial charge in [-0.1, -0.05) is 24.3 Å². The van der Waals surface area contributed by atoms with Crippen molar-refractivity contribution in [3.63, 3.8) is 0 Å². The number of fused-ring (bicyclic) bond motifs is 1. The normalized spacial score (nSPS) is 18.3. The second kappa shape index (κ2) is 9.00. The second-order valence-corrected chi connectivity index (χ2v) is 8.28. The summed E-state index contributed by atoms with van der Waals surface area (Å²) in [5.74, 6) is -0.380. The number of nitrogens with zero attached hydrogens (tertiary/aromatic N) is 4. The van der Waals surface area contributed by atoms with E-state index in [1.165, 1.54) is 10.2 Å². The summed E-state index contributed by atoms with van der Waals surface area (Å²) >= 11 is 0. The van der Waals surface area contributed by atoms with Crippen LogP contribution < -0.4 is 5.32 Å². The Morgan fingerprint density at radius 2 is 1.87 bits per heavy atom. The Hall–Kier alpha value is -2.39. The fourth-order valence-corrected chi connectivity index (χ4v) is 4.46. The predicted molar refractivity (Wildman–Crippen MR) is 111 cm³/mol. The van der Waals surface area contributed by atoms with Gasteiger partial charge in [-0.2, -0.15) is 18.3 Å². The van der Waals surface area contributed by atoms with Crippen LogP contribution in [-0.2, 0) is 19.1 Å². The van der Waals surface area contributed by atoms with Crippen LogP contribution in [0.5, 0.6) is 0 Å². The highest BCUT2D eigenvalue weighted by molar-refractivity contribution is 5.93. The highest BCUT2D eigenvalue weighted by atomic mass is 19.4. The number of piperidine rings is 1. The number of benzene rings is 1. The number of halogens is 3. The molecule has 0 radical (unpaired) electrons. The van der Waals surface area contributed by atoms with Crippen LogP contribution in [0.4, 0.5) is 13.2 Å². The van der Waals surface area contributed by atoms with Crippen molar-refractivity contribution in [2.75, 3.05) is 39.8 Å². The molecule has 31 heavy (non-hydrogen) atoms. The molecular weight excluding hydrogens is 407 g/mol. The van der Waals surface area contributed by atoms with Crippen LogP contribution in [0.3, 0.4) is 0 Å². The van der Waals surface area contributed by atoms with Gasteiger partial charge in [0.1, 0.15) is 5.69 Å². The van der Waals surface area contributed by atoms with Crippen molar-refractivity contribution < 1.29 is 18.0 Å². The van der Waals surface area contributed by atoms with E-state index in [2.05, 4.69) is 15.3 Å². The van der Waals surface area contributed by atoms with Gasteiger partial charge in [0.05, 0.1) is 6.04 Å². The molecule has 1 aromatic heterocycles. The van der Waals surface area contributed by atoms with E-state index >= 15 is 0 Å². The van der Waals surface area contributed by atoms with E-state index in [4.69, 9.17) is 0 Å². The molecule has 0 unspecified atom stereocenters. The molecule has 2 aliphatic heterocycles. The minimum atomic E-state index is -4.58. The third-order valence-electron chi connectivity index (χ3n) is 6.24. The molecule has 0 saturated carbocycles. The zero-order valence-electron chi connectivity index (χ0n) is 17.7. The van der Waals surface area contributed by atoms with Crippen molar-refractivity contribution in [2.45, 2.75) is 38.0 Å². The highest BCUT2D eigenvalue weighted by Crippen LogP contribution is 2.32. The van der Waals surface area contributed by atoms with Gasteiger partial charge in [0.2, 0.25) is 0 Å². The van der Waals surface area contributed by atoms with Gasteiger partial charge in [-0.25, -0.2) is 0 Å². The molecule has 6 nitrogen and oxygen atoms in total. The minimum Gasteiger partial charge on any atom is -0.333 e. The number of rotatable bonds is 5. The first-order valence-electron chi connectivity index (χ1n) is 10.8. The summed E-state index contributed by atoms with van der Waals surface area (Å²) in [6, 6.07) is 8.60. The quantitative estimate of drug-likeness (QED) is 0.785. The number of amides is 1. The van der Waals surface area contributed by atoms with Crippen LogP contribution in [0, 0.1) is 0 Å². The molecule has 0 atom stereocenters. The number of aromatic nitrogens is 2. The Bertz CT molecular complexity index is 918. The van der Waals surface area contributed by atoms with Gasteiger partial charge in [-0.05, 0) is 37.4 Å². The monoisotopic (exact) mass is 435 g/mol. The third kappa shape index (κ3) is 4.77. The maximum absolute atomic E-state index is 13.4. The van der Waals surface area contributed by atoms with Gasteiger partial charge >= 0.3 is 6.18 Å². The topological polar surface area (TPSA) is 53.4 Å². The smallest absolute Gasteiger partial charge is 0.333 e. The van der Waals surface area contributed by atoms with Gasteiger partial charge in [0.25, 0.3) is 5.91 Å². The molecule has 3 heterocycles. The number of nitrogens with one attached hydrogen (secondary N) is 1. The van der Waals surface area contributed by atoms with Crippen molar-refractivity contribution in [1.29, 1.82) is 0 Å². The molecular formula is C22H28F3N5O. The first-order chi connectivity index (χ1) is 14.9. The Kier molecular flexibility index (Phi) is 6.34. The number of alkyl halides is 3. The van der Waals surface area contributed by atoms with E-state index < -0.39 is 11.9 Å². The molecule has 1 N–H and O–H groups in total. The summed E-state index contributed by atoms with van der Waals surface area (Å²) in [6.45, 7) is 4.21. The lowest BCUT2D eigenvalue weighted by atomic mass is 9.99.